The molecule has 158 valence electrons. The van der Waals surface area contributed by atoms with Crippen molar-refractivity contribution in [1.82, 2.24) is 5.32 Å². The molecule has 0 saturated heterocycles. The summed E-state index contributed by atoms with van der Waals surface area (Å²) < 4.78 is 87.4. The minimum absolute atomic E-state index is 0.0730. The number of halogens is 6. The lowest BCUT2D eigenvalue weighted by Crippen LogP contribution is -2.39. The molecule has 0 bridgehead atoms. The van der Waals surface area contributed by atoms with Crippen LogP contribution in [0.2, 0.25) is 0 Å². The number of dihydropyridines is 1. The van der Waals surface area contributed by atoms with Gasteiger partial charge in [-0.05, 0) is 13.8 Å². The first-order valence-corrected chi connectivity index (χ1v) is 7.90. The Morgan fingerprint density at radius 2 is 1.50 bits per heavy atom. The lowest BCUT2D eigenvalue weighted by Gasteiger charge is -2.30. The molecule has 0 aromatic rings. The second-order valence-corrected chi connectivity index (χ2v) is 5.43. The first-order valence-electron chi connectivity index (χ1n) is 7.90. The highest BCUT2D eigenvalue weighted by molar-refractivity contribution is 5.98. The molecule has 0 radical (unpaired) electrons. The van der Waals surface area contributed by atoms with Gasteiger partial charge in [0.2, 0.25) is 0 Å². The molecule has 28 heavy (non-hydrogen) atoms. The summed E-state index contributed by atoms with van der Waals surface area (Å²) in [7, 11) is 0. The fourth-order valence-corrected chi connectivity index (χ4v) is 2.40. The zero-order chi connectivity index (χ0) is 21.9. The number of aliphatic hydroxyl groups is 1. The molecule has 1 atom stereocenters. The van der Waals surface area contributed by atoms with Gasteiger partial charge in [0.05, 0.1) is 30.1 Å². The lowest BCUT2D eigenvalue weighted by molar-refractivity contribution is -0.141. The molecular formula is C16H17F6NO5. The van der Waals surface area contributed by atoms with Crippen LogP contribution in [0.4, 0.5) is 26.3 Å². The third kappa shape index (κ3) is 5.20. The van der Waals surface area contributed by atoms with E-state index in [-0.39, 0.29) is 19.3 Å². The normalized spacial score (nSPS) is 18.8. The Balaban J connectivity index is 3.69. The van der Waals surface area contributed by atoms with Gasteiger partial charge in [-0.3, -0.25) is 0 Å². The summed E-state index contributed by atoms with van der Waals surface area (Å²) in [6, 6.07) is 0. The van der Waals surface area contributed by atoms with Crippen LogP contribution in [-0.4, -0.2) is 42.6 Å². The highest BCUT2D eigenvalue weighted by Gasteiger charge is 2.46. The van der Waals surface area contributed by atoms with Gasteiger partial charge < -0.3 is 19.9 Å². The van der Waals surface area contributed by atoms with Gasteiger partial charge in [0, 0.05) is 12.0 Å². The highest BCUT2D eigenvalue weighted by atomic mass is 19.4. The molecule has 0 spiro atoms. The number of alkyl halides is 6. The smallest absolute Gasteiger partial charge is 0.448 e. The molecule has 6 nitrogen and oxygen atoms in total. The first kappa shape index (κ1) is 23.4. The van der Waals surface area contributed by atoms with Crippen LogP contribution in [0.5, 0.6) is 0 Å². The van der Waals surface area contributed by atoms with Crippen LogP contribution in [0, 0.1) is 5.92 Å². The number of ether oxygens (including phenoxy) is 2. The molecule has 1 rings (SSSR count). The Labute approximate surface area is 155 Å². The van der Waals surface area contributed by atoms with E-state index in [0.29, 0.717) is 0 Å². The van der Waals surface area contributed by atoms with Crippen LogP contribution in [-0.2, 0) is 19.1 Å². The Bertz CT molecular complexity index is 733. The van der Waals surface area contributed by atoms with Crippen molar-refractivity contribution in [3.63, 3.8) is 0 Å². The number of nitrogens with one attached hydrogen (secondary N) is 1. The lowest BCUT2D eigenvalue weighted by atomic mass is 9.86. The number of carbonyl (C=O) groups excluding carboxylic acids is 2. The van der Waals surface area contributed by atoms with Crippen LogP contribution in [0.15, 0.2) is 34.4 Å². The molecule has 0 aliphatic carbocycles. The van der Waals surface area contributed by atoms with Crippen molar-refractivity contribution in [2.24, 2.45) is 5.92 Å². The molecule has 12 heteroatoms. The zero-order valence-corrected chi connectivity index (χ0v) is 14.9. The predicted octanol–water partition coefficient (Wildman–Crippen LogP) is 3.43. The van der Waals surface area contributed by atoms with Gasteiger partial charge in [-0.15, -0.1) is 0 Å². The van der Waals surface area contributed by atoms with Gasteiger partial charge in [-0.25, -0.2) is 9.59 Å². The number of allylic oxidation sites excluding steroid dienone is 3. The van der Waals surface area contributed by atoms with Crippen LogP contribution in [0.1, 0.15) is 20.8 Å². The molecule has 0 saturated carbocycles. The first-order chi connectivity index (χ1) is 12.8. The van der Waals surface area contributed by atoms with Crippen molar-refractivity contribution >= 4 is 11.9 Å². The molecule has 1 heterocycles. The topological polar surface area (TPSA) is 84.9 Å². The van der Waals surface area contributed by atoms with Crippen LogP contribution in [0.25, 0.3) is 0 Å². The maximum atomic E-state index is 13.4. The molecule has 0 fully saturated rings. The van der Waals surface area contributed by atoms with Crippen LogP contribution < -0.4 is 5.32 Å². The SMILES string of the molecule is CCOC(=O)C1=C(/C=C(\O)C(F)(F)F)NC(C(F)(F)F)=C(C(=O)OCC)C1C. The van der Waals surface area contributed by atoms with Crippen LogP contribution >= 0.6 is 0 Å². The molecule has 1 unspecified atom stereocenters. The Hall–Kier alpha value is -2.66. The average molecular weight is 417 g/mol. The number of hydrogen-bond acceptors (Lipinski definition) is 6. The van der Waals surface area contributed by atoms with Crippen molar-refractivity contribution in [2.75, 3.05) is 13.2 Å². The summed E-state index contributed by atoms with van der Waals surface area (Å²) in [5, 5.41) is 10.7. The molecule has 2 N–H and O–H groups in total. The molecule has 1 aliphatic rings. The monoisotopic (exact) mass is 417 g/mol. The van der Waals surface area contributed by atoms with Gasteiger partial charge in [0.25, 0.3) is 0 Å². The van der Waals surface area contributed by atoms with Crippen molar-refractivity contribution in [3.8, 4) is 0 Å². The van der Waals surface area contributed by atoms with Gasteiger partial charge in [-0.2, -0.15) is 26.3 Å². The predicted molar refractivity (Wildman–Crippen MR) is 82.4 cm³/mol. The summed E-state index contributed by atoms with van der Waals surface area (Å²) in [5.41, 5.74) is -4.40. The fourth-order valence-electron chi connectivity index (χ4n) is 2.40. The Morgan fingerprint density at radius 3 is 1.89 bits per heavy atom. The van der Waals surface area contributed by atoms with E-state index in [1.165, 1.54) is 13.8 Å². The van der Waals surface area contributed by atoms with E-state index in [0.717, 1.165) is 6.92 Å². The number of carbonyl (C=O) groups is 2. The summed E-state index contributed by atoms with van der Waals surface area (Å²) >= 11 is 0. The summed E-state index contributed by atoms with van der Waals surface area (Å²) in [6.45, 7) is 3.20. The van der Waals surface area contributed by atoms with E-state index in [1.54, 1.807) is 5.32 Å². The van der Waals surface area contributed by atoms with Gasteiger partial charge in [-0.1, -0.05) is 6.92 Å². The van der Waals surface area contributed by atoms with Crippen molar-refractivity contribution in [1.29, 1.82) is 0 Å². The van der Waals surface area contributed by atoms with Gasteiger partial charge >= 0.3 is 24.3 Å². The second-order valence-electron chi connectivity index (χ2n) is 5.43. The minimum Gasteiger partial charge on any atom is -0.504 e. The molecule has 0 aromatic heterocycles. The number of hydrogen-bond donors (Lipinski definition) is 2. The second kappa shape index (κ2) is 8.57. The third-order valence-corrected chi connectivity index (χ3v) is 3.53. The van der Waals surface area contributed by atoms with Gasteiger partial charge in [0.1, 0.15) is 5.70 Å². The average Bonchev–Trinajstić information content (AvgIpc) is 2.52. The van der Waals surface area contributed by atoms with Gasteiger partial charge in [0.15, 0.2) is 5.76 Å². The molecule has 1 aliphatic heterocycles. The largest absolute Gasteiger partial charge is 0.504 e. The van der Waals surface area contributed by atoms with Crippen LogP contribution in [0.3, 0.4) is 0 Å². The quantitative estimate of drug-likeness (QED) is 0.405. The fraction of sp³-hybridized carbons (Fsp3) is 0.500. The van der Waals surface area contributed by atoms with E-state index in [2.05, 4.69) is 9.47 Å². The van der Waals surface area contributed by atoms with Crippen molar-refractivity contribution in [2.45, 2.75) is 33.1 Å². The molecule has 0 amide bonds. The standard InChI is InChI=1S/C16H17F6NO5/c1-4-27-13(25)10-7(3)11(14(26)28-5-2)12(16(20,21)22)23-8(10)6-9(24)15(17,18)19/h6-7,23-24H,4-5H2,1-3H3/b9-6-. The van der Waals surface area contributed by atoms with E-state index < -0.39 is 58.5 Å². The third-order valence-electron chi connectivity index (χ3n) is 3.53. The highest BCUT2D eigenvalue weighted by Crippen LogP contribution is 2.39. The minimum atomic E-state index is -5.28. The maximum Gasteiger partial charge on any atom is 0.448 e. The zero-order valence-electron chi connectivity index (χ0n) is 14.9. The van der Waals surface area contributed by atoms with Crippen molar-refractivity contribution in [3.05, 3.63) is 34.4 Å². The van der Waals surface area contributed by atoms with E-state index in [9.17, 15) is 35.9 Å². The number of aliphatic hydroxyl groups excluding tert-OH is 1. The number of rotatable bonds is 5. The Kier molecular flexibility index (Phi) is 7.15. The Morgan fingerprint density at radius 1 is 1.04 bits per heavy atom. The summed E-state index contributed by atoms with van der Waals surface area (Å²) in [4.78, 5) is 24.2. The summed E-state index contributed by atoms with van der Waals surface area (Å²) in [5.74, 6) is -6.54. The number of esters is 2. The van der Waals surface area contributed by atoms with E-state index in [4.69, 9.17) is 5.11 Å². The maximum absolute atomic E-state index is 13.4. The van der Waals surface area contributed by atoms with E-state index in [1.807, 2.05) is 0 Å². The summed E-state index contributed by atoms with van der Waals surface area (Å²) in [6.07, 6.45) is -10.5. The van der Waals surface area contributed by atoms with E-state index >= 15 is 0 Å². The molecule has 0 aromatic carbocycles. The molecular weight excluding hydrogens is 400 g/mol. The van der Waals surface area contributed by atoms with Crippen molar-refractivity contribution < 1.29 is 50.5 Å².